The first-order chi connectivity index (χ1) is 9.89. The molecule has 0 spiro atoms. The summed E-state index contributed by atoms with van der Waals surface area (Å²) in [5, 5.41) is 3.57. The molecule has 1 aliphatic rings. The number of carbonyl (C=O) groups excluding carboxylic acids is 1. The largest absolute Gasteiger partial charge is 0.321 e. The summed E-state index contributed by atoms with van der Waals surface area (Å²) in [6.45, 7) is 11.4. The number of nitrogens with zero attached hydrogens (tertiary/aromatic N) is 1. The number of benzene rings is 1. The number of rotatable bonds is 5. The Hall–Kier alpha value is -1.35. The summed E-state index contributed by atoms with van der Waals surface area (Å²) in [7, 11) is 0. The summed E-state index contributed by atoms with van der Waals surface area (Å²) in [6, 6.07) is 8.34. The van der Waals surface area contributed by atoms with Crippen molar-refractivity contribution in [1.29, 1.82) is 0 Å². The molecule has 116 valence electrons. The number of carbonyl (C=O) groups is 1. The Balaban J connectivity index is 2.32. The van der Waals surface area contributed by atoms with Crippen LogP contribution in [0.3, 0.4) is 0 Å². The van der Waals surface area contributed by atoms with Gasteiger partial charge in [0.25, 0.3) is 0 Å². The maximum absolute atomic E-state index is 12.8. The first-order valence-electron chi connectivity index (χ1n) is 8.03. The Morgan fingerprint density at radius 3 is 2.57 bits per heavy atom. The molecule has 1 fully saturated rings. The third-order valence-corrected chi connectivity index (χ3v) is 4.64. The monoisotopic (exact) mass is 288 g/mol. The van der Waals surface area contributed by atoms with Crippen LogP contribution in [-0.4, -0.2) is 22.9 Å². The van der Waals surface area contributed by atoms with Gasteiger partial charge in [-0.3, -0.25) is 10.1 Å². The van der Waals surface area contributed by atoms with Crippen LogP contribution in [-0.2, 0) is 4.79 Å². The van der Waals surface area contributed by atoms with E-state index in [4.69, 9.17) is 0 Å². The average molecular weight is 288 g/mol. The minimum absolute atomic E-state index is 0.00222. The normalized spacial score (nSPS) is 25.9. The fourth-order valence-electron chi connectivity index (χ4n) is 2.90. The fourth-order valence-corrected chi connectivity index (χ4v) is 2.90. The Morgan fingerprint density at radius 2 is 2.00 bits per heavy atom. The minimum Gasteiger partial charge on any atom is -0.321 e. The summed E-state index contributed by atoms with van der Waals surface area (Å²) in [5.74, 6) is 0.836. The molecular weight excluding hydrogens is 260 g/mol. The standard InChI is InChI=1S/C18H28N2O/c1-6-18(5)17(21)20(12-11-13(2)3)16(19-18)15-10-8-7-9-14(15)4/h7-10,13,16,19H,6,11-12H2,1-5H3. The lowest BCUT2D eigenvalue weighted by atomic mass is 9.99. The van der Waals surface area contributed by atoms with E-state index in [-0.39, 0.29) is 12.1 Å². The summed E-state index contributed by atoms with van der Waals surface area (Å²) in [4.78, 5) is 14.9. The van der Waals surface area contributed by atoms with E-state index >= 15 is 0 Å². The molecule has 1 heterocycles. The first-order valence-corrected chi connectivity index (χ1v) is 8.03. The van der Waals surface area contributed by atoms with Gasteiger partial charge in [0, 0.05) is 6.54 Å². The zero-order chi connectivity index (χ0) is 15.6. The van der Waals surface area contributed by atoms with E-state index < -0.39 is 5.54 Å². The molecule has 2 unspecified atom stereocenters. The molecule has 1 saturated heterocycles. The molecule has 1 aromatic carbocycles. The molecule has 3 heteroatoms. The molecule has 2 rings (SSSR count). The van der Waals surface area contributed by atoms with Crippen molar-refractivity contribution < 1.29 is 4.79 Å². The van der Waals surface area contributed by atoms with E-state index in [9.17, 15) is 4.79 Å². The van der Waals surface area contributed by atoms with E-state index in [0.29, 0.717) is 5.92 Å². The molecule has 1 N–H and O–H groups in total. The first kappa shape index (κ1) is 16.0. The molecule has 0 aromatic heterocycles. The van der Waals surface area contributed by atoms with Crippen molar-refractivity contribution in [2.75, 3.05) is 6.54 Å². The lowest BCUT2D eigenvalue weighted by Gasteiger charge is -2.26. The Morgan fingerprint density at radius 1 is 1.33 bits per heavy atom. The average Bonchev–Trinajstić information content (AvgIpc) is 2.70. The van der Waals surface area contributed by atoms with Crippen LogP contribution in [0, 0.1) is 12.8 Å². The number of aryl methyl sites for hydroxylation is 1. The number of hydrogen-bond donors (Lipinski definition) is 1. The van der Waals surface area contributed by atoms with Gasteiger partial charge < -0.3 is 4.90 Å². The van der Waals surface area contributed by atoms with Crippen LogP contribution in [0.1, 0.15) is 57.8 Å². The van der Waals surface area contributed by atoms with Crippen LogP contribution < -0.4 is 5.32 Å². The summed E-state index contributed by atoms with van der Waals surface area (Å²) in [6.07, 6.45) is 1.85. The molecule has 0 aliphatic carbocycles. The van der Waals surface area contributed by atoms with Crippen molar-refractivity contribution in [2.45, 2.75) is 59.2 Å². The van der Waals surface area contributed by atoms with Gasteiger partial charge in [0.15, 0.2) is 0 Å². The highest BCUT2D eigenvalue weighted by Crippen LogP contribution is 2.34. The van der Waals surface area contributed by atoms with Crippen LogP contribution in [0.2, 0.25) is 0 Å². The van der Waals surface area contributed by atoms with Gasteiger partial charge in [-0.2, -0.15) is 0 Å². The van der Waals surface area contributed by atoms with Crippen molar-refractivity contribution in [3.05, 3.63) is 35.4 Å². The van der Waals surface area contributed by atoms with Gasteiger partial charge in [-0.1, -0.05) is 45.0 Å². The van der Waals surface area contributed by atoms with Crippen molar-refractivity contribution in [2.24, 2.45) is 5.92 Å². The van der Waals surface area contributed by atoms with Gasteiger partial charge in [0.05, 0.1) is 5.54 Å². The molecule has 1 aromatic rings. The summed E-state index contributed by atoms with van der Waals surface area (Å²) < 4.78 is 0. The second kappa shape index (κ2) is 6.18. The van der Waals surface area contributed by atoms with Gasteiger partial charge in [0.2, 0.25) is 5.91 Å². The van der Waals surface area contributed by atoms with E-state index in [0.717, 1.165) is 19.4 Å². The van der Waals surface area contributed by atoms with Crippen LogP contribution in [0.25, 0.3) is 0 Å². The number of nitrogens with one attached hydrogen (secondary N) is 1. The lowest BCUT2D eigenvalue weighted by Crippen LogP contribution is -2.43. The van der Waals surface area contributed by atoms with E-state index in [2.05, 4.69) is 51.2 Å². The third-order valence-electron chi connectivity index (χ3n) is 4.64. The SMILES string of the molecule is CCC1(C)NC(c2ccccc2C)N(CCC(C)C)C1=O. The smallest absolute Gasteiger partial charge is 0.244 e. The van der Waals surface area contributed by atoms with Gasteiger partial charge in [0.1, 0.15) is 6.17 Å². The molecule has 1 amide bonds. The zero-order valence-electron chi connectivity index (χ0n) is 13.9. The highest BCUT2D eigenvalue weighted by Gasteiger charge is 2.47. The van der Waals surface area contributed by atoms with Crippen LogP contribution >= 0.6 is 0 Å². The van der Waals surface area contributed by atoms with Gasteiger partial charge in [-0.05, 0) is 43.7 Å². The maximum atomic E-state index is 12.8. The fraction of sp³-hybridized carbons (Fsp3) is 0.611. The second-order valence-corrected chi connectivity index (χ2v) is 6.77. The highest BCUT2D eigenvalue weighted by molar-refractivity contribution is 5.88. The lowest BCUT2D eigenvalue weighted by molar-refractivity contribution is -0.133. The zero-order valence-corrected chi connectivity index (χ0v) is 13.9. The Bertz CT molecular complexity index is 512. The van der Waals surface area contributed by atoms with Crippen LogP contribution in [0.4, 0.5) is 0 Å². The Labute approximate surface area is 128 Å². The molecule has 0 saturated carbocycles. The Kier molecular flexibility index (Phi) is 4.72. The molecule has 0 bridgehead atoms. The molecule has 3 nitrogen and oxygen atoms in total. The number of hydrogen-bond acceptors (Lipinski definition) is 2. The molecule has 21 heavy (non-hydrogen) atoms. The van der Waals surface area contributed by atoms with E-state index in [1.54, 1.807) is 0 Å². The number of amides is 1. The van der Waals surface area contributed by atoms with Gasteiger partial charge in [-0.25, -0.2) is 0 Å². The minimum atomic E-state index is -0.441. The second-order valence-electron chi connectivity index (χ2n) is 6.77. The predicted molar refractivity (Wildman–Crippen MR) is 86.9 cm³/mol. The summed E-state index contributed by atoms with van der Waals surface area (Å²) in [5.41, 5.74) is 2.01. The molecular formula is C18H28N2O. The van der Waals surface area contributed by atoms with E-state index in [1.807, 2.05) is 17.9 Å². The van der Waals surface area contributed by atoms with E-state index in [1.165, 1.54) is 11.1 Å². The predicted octanol–water partition coefficient (Wildman–Crippen LogP) is 3.64. The summed E-state index contributed by atoms with van der Waals surface area (Å²) >= 11 is 0. The highest BCUT2D eigenvalue weighted by atomic mass is 16.2. The van der Waals surface area contributed by atoms with Crippen molar-refractivity contribution in [3.63, 3.8) is 0 Å². The topological polar surface area (TPSA) is 32.3 Å². The quantitative estimate of drug-likeness (QED) is 0.897. The van der Waals surface area contributed by atoms with Crippen LogP contribution in [0.15, 0.2) is 24.3 Å². The maximum Gasteiger partial charge on any atom is 0.244 e. The third kappa shape index (κ3) is 3.13. The van der Waals surface area contributed by atoms with Crippen LogP contribution in [0.5, 0.6) is 0 Å². The van der Waals surface area contributed by atoms with Crippen molar-refractivity contribution in [3.8, 4) is 0 Å². The van der Waals surface area contributed by atoms with Crippen molar-refractivity contribution in [1.82, 2.24) is 10.2 Å². The van der Waals surface area contributed by atoms with Gasteiger partial charge in [-0.15, -0.1) is 0 Å². The van der Waals surface area contributed by atoms with Gasteiger partial charge >= 0.3 is 0 Å². The molecule has 0 radical (unpaired) electrons. The molecule has 2 atom stereocenters. The van der Waals surface area contributed by atoms with Crippen molar-refractivity contribution >= 4 is 5.91 Å². The molecule has 1 aliphatic heterocycles.